The van der Waals surface area contributed by atoms with Crippen LogP contribution in [0.15, 0.2) is 203 Å². The second-order valence-corrected chi connectivity index (χ2v) is 16.1. The van der Waals surface area contributed by atoms with Crippen LogP contribution in [0.1, 0.15) is 45.2 Å². The van der Waals surface area contributed by atoms with Gasteiger partial charge in [-0.1, -0.05) is 146 Å². The van der Waals surface area contributed by atoms with Crippen LogP contribution in [0.4, 0.5) is 0 Å². The van der Waals surface area contributed by atoms with E-state index in [0.29, 0.717) is 23.2 Å². The molecule has 3 aliphatic carbocycles. The Hall–Kier alpha value is -8.22. The maximum Gasteiger partial charge on any atom is 0.160 e. The Labute approximate surface area is 356 Å². The molecule has 0 fully saturated rings. The van der Waals surface area contributed by atoms with E-state index in [1.165, 1.54) is 33.4 Å². The zero-order valence-electron chi connectivity index (χ0n) is 33.2. The largest absolute Gasteiger partial charge is 0.454 e. The van der Waals surface area contributed by atoms with Gasteiger partial charge < -0.3 is 8.83 Å². The molecule has 0 N–H and O–H groups in total. The molecule has 6 nitrogen and oxygen atoms in total. The van der Waals surface area contributed by atoms with E-state index in [1.54, 1.807) is 0 Å². The van der Waals surface area contributed by atoms with Crippen LogP contribution in [-0.2, 0) is 0 Å². The number of furan rings is 2. The molecular weight excluding hydrogens is 761 g/mol. The fraction of sp³-hybridized carbons (Fsp3) is 0.0357. The van der Waals surface area contributed by atoms with Gasteiger partial charge in [-0.2, -0.15) is 0 Å². The van der Waals surface area contributed by atoms with Gasteiger partial charge in [-0.25, -0.2) is 19.9 Å². The van der Waals surface area contributed by atoms with Crippen molar-refractivity contribution in [2.45, 2.75) is 11.8 Å². The minimum atomic E-state index is 0.0324. The van der Waals surface area contributed by atoms with Crippen LogP contribution in [0.5, 0.6) is 0 Å². The summed E-state index contributed by atoms with van der Waals surface area (Å²) in [5.74, 6) is 2.81. The Morgan fingerprint density at radius 2 is 0.677 bits per heavy atom. The highest BCUT2D eigenvalue weighted by atomic mass is 16.3. The Kier molecular flexibility index (Phi) is 7.63. The SMILES string of the molecule is c1ccc(-c2cc(-c3cc4ccccc4o3)nc(-c3ccc4c(c3)C3c5ccccc5[C@H]4c4cc(-c5nc(-c6ccccc6)cc(-c6cc7ccccc7o6)n5)ccc43)n2)cc1. The molecule has 0 aliphatic heterocycles. The fourth-order valence-electron chi connectivity index (χ4n) is 9.63. The Bertz CT molecular complexity index is 3250. The third kappa shape index (κ3) is 5.57. The normalized spacial score (nSPS) is 14.8. The van der Waals surface area contributed by atoms with Crippen LogP contribution in [0, 0.1) is 0 Å². The number of fused-ring (bicyclic) bond motifs is 2. The third-order valence-electron chi connectivity index (χ3n) is 12.5. The van der Waals surface area contributed by atoms with Gasteiger partial charge in [0, 0.05) is 44.9 Å². The third-order valence-corrected chi connectivity index (χ3v) is 12.5. The molecule has 0 amide bonds. The first-order valence-corrected chi connectivity index (χ1v) is 20.9. The zero-order valence-corrected chi connectivity index (χ0v) is 33.2. The molecule has 0 spiro atoms. The minimum Gasteiger partial charge on any atom is -0.454 e. The van der Waals surface area contributed by atoms with E-state index in [1.807, 2.05) is 84.9 Å². The highest BCUT2D eigenvalue weighted by molar-refractivity contribution is 5.85. The van der Waals surface area contributed by atoms with E-state index < -0.39 is 0 Å². The standard InChI is InChI=1S/C56H34N4O2/c1-3-13-33(14-4-1)45-31-47(51-29-35-17-7-11-21-49(35)61-51)59-55(57-45)37-23-25-41-43(27-37)53-39-19-9-10-20-40(39)54(41)44-28-38(24-26-42(44)53)56-58-46(34-15-5-2-6-16-34)32-48(60-56)52-30-36-18-8-12-22-50(36)62-52/h1-32,53-54H/t53-,54?/m1/s1. The predicted octanol–water partition coefficient (Wildman–Crippen LogP) is 13.7. The molecule has 1 unspecified atom stereocenters. The van der Waals surface area contributed by atoms with Crippen molar-refractivity contribution in [3.63, 3.8) is 0 Å². The first-order valence-electron chi connectivity index (χ1n) is 20.9. The van der Waals surface area contributed by atoms with Gasteiger partial charge in [0.15, 0.2) is 23.2 Å². The van der Waals surface area contributed by atoms with Crippen molar-refractivity contribution in [1.29, 1.82) is 0 Å². The summed E-state index contributed by atoms with van der Waals surface area (Å²) in [6.45, 7) is 0. The lowest BCUT2D eigenvalue weighted by atomic mass is 9.61. The van der Waals surface area contributed by atoms with Crippen molar-refractivity contribution in [2.24, 2.45) is 0 Å². The molecule has 4 heterocycles. The number of nitrogens with zero attached hydrogens (tertiary/aromatic N) is 4. The summed E-state index contributed by atoms with van der Waals surface area (Å²) in [4.78, 5) is 20.8. The van der Waals surface area contributed by atoms with E-state index in [2.05, 4.69) is 109 Å². The summed E-state index contributed by atoms with van der Waals surface area (Å²) >= 11 is 0. The number of benzene rings is 7. The van der Waals surface area contributed by atoms with Crippen molar-refractivity contribution in [3.05, 3.63) is 228 Å². The van der Waals surface area contributed by atoms with E-state index in [4.69, 9.17) is 28.8 Å². The number of hydrogen-bond donors (Lipinski definition) is 0. The number of hydrogen-bond acceptors (Lipinski definition) is 6. The smallest absolute Gasteiger partial charge is 0.160 e. The average Bonchev–Trinajstić information content (AvgIpc) is 3.99. The first kappa shape index (κ1) is 34.6. The molecule has 290 valence electrons. The summed E-state index contributed by atoms with van der Waals surface area (Å²) in [6.07, 6.45) is 0. The lowest BCUT2D eigenvalue weighted by Crippen LogP contribution is -2.27. The number of rotatable bonds is 6. The topological polar surface area (TPSA) is 77.8 Å². The summed E-state index contributed by atoms with van der Waals surface area (Å²) in [5.41, 5.74) is 16.6. The van der Waals surface area contributed by atoms with Gasteiger partial charge in [-0.3, -0.25) is 0 Å². The van der Waals surface area contributed by atoms with Gasteiger partial charge >= 0.3 is 0 Å². The number of para-hydroxylation sites is 2. The Balaban J connectivity index is 0.942. The summed E-state index contributed by atoms with van der Waals surface area (Å²) < 4.78 is 12.7. The van der Waals surface area contributed by atoms with Crippen LogP contribution in [0.3, 0.4) is 0 Å². The van der Waals surface area contributed by atoms with Crippen LogP contribution in [-0.4, -0.2) is 19.9 Å². The molecule has 0 saturated carbocycles. The van der Waals surface area contributed by atoms with Gasteiger partial charge in [0.1, 0.15) is 22.6 Å². The maximum atomic E-state index is 6.35. The van der Waals surface area contributed by atoms with Crippen molar-refractivity contribution < 1.29 is 8.83 Å². The molecule has 11 aromatic rings. The maximum absolute atomic E-state index is 6.35. The lowest BCUT2D eigenvalue weighted by Gasteiger charge is -2.42. The number of aromatic nitrogens is 4. The summed E-state index contributed by atoms with van der Waals surface area (Å²) in [6, 6.07) is 67.4. The summed E-state index contributed by atoms with van der Waals surface area (Å²) in [5, 5.41) is 2.08. The molecule has 6 heteroatoms. The van der Waals surface area contributed by atoms with Crippen LogP contribution in [0.25, 0.3) is 90.1 Å². The molecule has 3 aliphatic rings. The zero-order chi connectivity index (χ0) is 40.7. The average molecular weight is 795 g/mol. The molecule has 7 aromatic carbocycles. The Morgan fingerprint density at radius 3 is 1.13 bits per heavy atom. The van der Waals surface area contributed by atoms with Gasteiger partial charge in [0.2, 0.25) is 0 Å². The monoisotopic (exact) mass is 794 g/mol. The second-order valence-electron chi connectivity index (χ2n) is 16.1. The van der Waals surface area contributed by atoms with Crippen molar-refractivity contribution in [2.75, 3.05) is 0 Å². The molecule has 2 bridgehead atoms. The van der Waals surface area contributed by atoms with Gasteiger partial charge in [-0.05, 0) is 81.9 Å². The summed E-state index contributed by atoms with van der Waals surface area (Å²) in [7, 11) is 0. The Morgan fingerprint density at radius 1 is 0.290 bits per heavy atom. The second kappa shape index (κ2) is 13.7. The highest BCUT2D eigenvalue weighted by Gasteiger charge is 2.41. The minimum absolute atomic E-state index is 0.0324. The van der Waals surface area contributed by atoms with Gasteiger partial charge in [-0.15, -0.1) is 0 Å². The highest BCUT2D eigenvalue weighted by Crippen LogP contribution is 2.56. The molecule has 14 rings (SSSR count). The van der Waals surface area contributed by atoms with E-state index >= 15 is 0 Å². The van der Waals surface area contributed by atoms with E-state index in [0.717, 1.165) is 67.0 Å². The molecule has 0 saturated heterocycles. The predicted molar refractivity (Wildman–Crippen MR) is 245 cm³/mol. The molecule has 62 heavy (non-hydrogen) atoms. The van der Waals surface area contributed by atoms with E-state index in [9.17, 15) is 0 Å². The van der Waals surface area contributed by atoms with Crippen molar-refractivity contribution in [3.8, 4) is 68.2 Å². The van der Waals surface area contributed by atoms with E-state index in [-0.39, 0.29) is 11.8 Å². The van der Waals surface area contributed by atoms with Gasteiger partial charge in [0.25, 0.3) is 0 Å². The van der Waals surface area contributed by atoms with Crippen LogP contribution < -0.4 is 0 Å². The van der Waals surface area contributed by atoms with Crippen LogP contribution in [0.2, 0.25) is 0 Å². The van der Waals surface area contributed by atoms with Crippen molar-refractivity contribution in [1.82, 2.24) is 19.9 Å². The quantitative estimate of drug-likeness (QED) is 0.167. The van der Waals surface area contributed by atoms with Crippen molar-refractivity contribution >= 4 is 21.9 Å². The molecule has 2 atom stereocenters. The molecular formula is C56H34N4O2. The van der Waals surface area contributed by atoms with Gasteiger partial charge in [0.05, 0.1) is 11.4 Å². The fourth-order valence-corrected chi connectivity index (χ4v) is 9.63. The van der Waals surface area contributed by atoms with Crippen LogP contribution >= 0.6 is 0 Å². The molecule has 4 aromatic heterocycles. The lowest BCUT2D eigenvalue weighted by molar-refractivity contribution is 0.628. The molecule has 0 radical (unpaired) electrons. The first-order chi connectivity index (χ1) is 30.7.